The van der Waals surface area contributed by atoms with Gasteiger partial charge in [-0.05, 0) is 51.4 Å². The third kappa shape index (κ3) is 4.15. The standard InChI is InChI=1S/C17H23F3N2O3/c1-24-16(23)12-4-2-10(3-5-12)14-21-22-15(25-14)11-6-8-13(9-7-11)17(18,19)20/h10-13H,2-9H2,1H3/t10-,11?,12-,13?. The van der Waals surface area contributed by atoms with E-state index in [9.17, 15) is 18.0 Å². The van der Waals surface area contributed by atoms with Gasteiger partial charge in [0, 0.05) is 11.8 Å². The smallest absolute Gasteiger partial charge is 0.391 e. The molecule has 25 heavy (non-hydrogen) atoms. The first kappa shape index (κ1) is 18.2. The number of esters is 1. The number of rotatable bonds is 3. The van der Waals surface area contributed by atoms with Crippen LogP contribution < -0.4 is 0 Å². The Morgan fingerprint density at radius 2 is 1.44 bits per heavy atom. The molecule has 2 fully saturated rings. The van der Waals surface area contributed by atoms with E-state index in [1.54, 1.807) is 0 Å². The molecule has 0 spiro atoms. The maximum atomic E-state index is 12.7. The molecule has 0 bridgehead atoms. The summed E-state index contributed by atoms with van der Waals surface area (Å²) in [6.45, 7) is 0. The van der Waals surface area contributed by atoms with Crippen molar-refractivity contribution >= 4 is 5.97 Å². The van der Waals surface area contributed by atoms with Crippen LogP contribution in [0.4, 0.5) is 13.2 Å². The maximum absolute atomic E-state index is 12.7. The second-order valence-electron chi connectivity index (χ2n) is 7.14. The van der Waals surface area contributed by atoms with Gasteiger partial charge in [-0.1, -0.05) is 0 Å². The number of aromatic nitrogens is 2. The highest BCUT2D eigenvalue weighted by Gasteiger charge is 2.42. The van der Waals surface area contributed by atoms with Crippen LogP contribution in [0.15, 0.2) is 4.42 Å². The Morgan fingerprint density at radius 3 is 1.88 bits per heavy atom. The molecule has 3 rings (SSSR count). The molecule has 0 saturated heterocycles. The highest BCUT2D eigenvalue weighted by atomic mass is 19.4. The highest BCUT2D eigenvalue weighted by Crippen LogP contribution is 2.43. The van der Waals surface area contributed by atoms with E-state index in [2.05, 4.69) is 10.2 Å². The Labute approximate surface area is 144 Å². The number of hydrogen-bond acceptors (Lipinski definition) is 5. The summed E-state index contributed by atoms with van der Waals surface area (Å²) in [5, 5.41) is 8.20. The van der Waals surface area contributed by atoms with Gasteiger partial charge in [0.1, 0.15) is 0 Å². The van der Waals surface area contributed by atoms with E-state index in [0.717, 1.165) is 25.7 Å². The molecule has 1 heterocycles. The lowest BCUT2D eigenvalue weighted by atomic mass is 9.81. The fourth-order valence-corrected chi connectivity index (χ4v) is 3.99. The number of methoxy groups -OCH3 is 1. The van der Waals surface area contributed by atoms with E-state index in [1.807, 2.05) is 0 Å². The van der Waals surface area contributed by atoms with Crippen molar-refractivity contribution in [1.29, 1.82) is 0 Å². The molecular formula is C17H23F3N2O3. The van der Waals surface area contributed by atoms with Crippen molar-refractivity contribution < 1.29 is 27.1 Å². The van der Waals surface area contributed by atoms with E-state index in [0.29, 0.717) is 24.6 Å². The van der Waals surface area contributed by atoms with Gasteiger partial charge in [-0.15, -0.1) is 10.2 Å². The SMILES string of the molecule is COC(=O)[C@H]1CC[C@H](c2nnc(C3CCC(C(F)(F)F)CC3)o2)CC1. The highest BCUT2D eigenvalue weighted by molar-refractivity contribution is 5.72. The largest absolute Gasteiger partial charge is 0.469 e. The lowest BCUT2D eigenvalue weighted by Crippen LogP contribution is -2.27. The molecule has 0 aromatic carbocycles. The number of hydrogen-bond donors (Lipinski definition) is 0. The number of ether oxygens (including phenoxy) is 1. The second-order valence-corrected chi connectivity index (χ2v) is 7.14. The first-order valence-electron chi connectivity index (χ1n) is 8.86. The molecule has 2 aliphatic carbocycles. The predicted octanol–water partition coefficient (Wildman–Crippen LogP) is 4.35. The average Bonchev–Trinajstić information content (AvgIpc) is 3.10. The molecular weight excluding hydrogens is 337 g/mol. The van der Waals surface area contributed by atoms with Crippen LogP contribution in [0.25, 0.3) is 0 Å². The van der Waals surface area contributed by atoms with Crippen LogP contribution in [0.5, 0.6) is 0 Å². The minimum Gasteiger partial charge on any atom is -0.469 e. The summed E-state index contributed by atoms with van der Waals surface area (Å²) in [7, 11) is 1.40. The second kappa shape index (κ2) is 7.33. The minimum absolute atomic E-state index is 0.0683. The summed E-state index contributed by atoms with van der Waals surface area (Å²) in [6.07, 6.45) is 0.0131. The third-order valence-corrected chi connectivity index (χ3v) is 5.61. The average molecular weight is 360 g/mol. The lowest BCUT2D eigenvalue weighted by Gasteiger charge is -2.28. The zero-order valence-electron chi connectivity index (χ0n) is 14.2. The number of halogens is 3. The number of carbonyl (C=O) groups excluding carboxylic acids is 1. The van der Waals surface area contributed by atoms with Crippen LogP contribution in [-0.4, -0.2) is 29.5 Å². The Morgan fingerprint density at radius 1 is 0.960 bits per heavy atom. The van der Waals surface area contributed by atoms with Gasteiger partial charge in [0.15, 0.2) is 0 Å². The summed E-state index contributed by atoms with van der Waals surface area (Å²) in [4.78, 5) is 11.6. The first-order valence-corrected chi connectivity index (χ1v) is 8.86. The first-order chi connectivity index (χ1) is 11.9. The fourth-order valence-electron chi connectivity index (χ4n) is 3.99. The van der Waals surface area contributed by atoms with Crippen molar-refractivity contribution in [2.45, 2.75) is 69.4 Å². The quantitative estimate of drug-likeness (QED) is 0.750. The van der Waals surface area contributed by atoms with Crippen LogP contribution >= 0.6 is 0 Å². The van der Waals surface area contributed by atoms with Gasteiger partial charge in [-0.2, -0.15) is 13.2 Å². The van der Waals surface area contributed by atoms with Gasteiger partial charge in [0.05, 0.1) is 18.9 Å². The molecule has 2 aliphatic rings. The summed E-state index contributed by atoms with van der Waals surface area (Å²) < 4.78 is 48.8. The third-order valence-electron chi connectivity index (χ3n) is 5.61. The van der Waals surface area contributed by atoms with E-state index in [4.69, 9.17) is 9.15 Å². The predicted molar refractivity (Wildman–Crippen MR) is 81.8 cm³/mol. The molecule has 0 atom stereocenters. The number of alkyl halides is 3. The Balaban J connectivity index is 1.54. The van der Waals surface area contributed by atoms with Crippen LogP contribution in [-0.2, 0) is 9.53 Å². The number of carbonyl (C=O) groups is 1. The molecule has 2 saturated carbocycles. The summed E-state index contributed by atoms with van der Waals surface area (Å²) in [5.74, 6) is -0.394. The van der Waals surface area contributed by atoms with E-state index in [1.165, 1.54) is 7.11 Å². The van der Waals surface area contributed by atoms with Crippen LogP contribution in [0, 0.1) is 11.8 Å². The van der Waals surface area contributed by atoms with Gasteiger partial charge < -0.3 is 9.15 Å². The van der Waals surface area contributed by atoms with Crippen molar-refractivity contribution in [1.82, 2.24) is 10.2 Å². The molecule has 0 aliphatic heterocycles. The monoisotopic (exact) mass is 360 g/mol. The zero-order chi connectivity index (χ0) is 18.0. The molecule has 1 aromatic heterocycles. The van der Waals surface area contributed by atoms with Gasteiger partial charge in [0.2, 0.25) is 11.8 Å². The molecule has 0 N–H and O–H groups in total. The topological polar surface area (TPSA) is 65.2 Å². The van der Waals surface area contributed by atoms with Gasteiger partial charge in [-0.3, -0.25) is 4.79 Å². The van der Waals surface area contributed by atoms with Crippen molar-refractivity contribution in [2.24, 2.45) is 11.8 Å². The fraction of sp³-hybridized carbons (Fsp3) is 0.824. The van der Waals surface area contributed by atoms with Crippen molar-refractivity contribution in [2.75, 3.05) is 7.11 Å². The van der Waals surface area contributed by atoms with Crippen molar-refractivity contribution in [3.8, 4) is 0 Å². The molecule has 0 unspecified atom stereocenters. The summed E-state index contributed by atoms with van der Waals surface area (Å²) in [5.41, 5.74) is 0. The normalized spacial score (nSPS) is 30.9. The number of nitrogens with zero attached hydrogens (tertiary/aromatic N) is 2. The van der Waals surface area contributed by atoms with Gasteiger partial charge >= 0.3 is 12.1 Å². The summed E-state index contributed by atoms with van der Waals surface area (Å²) in [6, 6.07) is 0. The minimum atomic E-state index is -4.11. The molecule has 0 amide bonds. The van der Waals surface area contributed by atoms with Crippen LogP contribution in [0.3, 0.4) is 0 Å². The van der Waals surface area contributed by atoms with Crippen LogP contribution in [0.2, 0.25) is 0 Å². The zero-order valence-corrected chi connectivity index (χ0v) is 14.2. The Hall–Kier alpha value is -1.60. The molecule has 8 heteroatoms. The molecule has 1 aromatic rings. The van der Waals surface area contributed by atoms with Gasteiger partial charge in [-0.25, -0.2) is 0 Å². The Bertz CT molecular complexity index is 586. The summed E-state index contributed by atoms with van der Waals surface area (Å²) >= 11 is 0. The molecule has 5 nitrogen and oxygen atoms in total. The lowest BCUT2D eigenvalue weighted by molar-refractivity contribution is -0.182. The van der Waals surface area contributed by atoms with Gasteiger partial charge in [0.25, 0.3) is 0 Å². The molecule has 0 radical (unpaired) electrons. The van der Waals surface area contributed by atoms with E-state index in [-0.39, 0.29) is 36.6 Å². The van der Waals surface area contributed by atoms with Crippen molar-refractivity contribution in [3.63, 3.8) is 0 Å². The maximum Gasteiger partial charge on any atom is 0.391 e. The Kier molecular flexibility index (Phi) is 5.34. The van der Waals surface area contributed by atoms with E-state index >= 15 is 0 Å². The van der Waals surface area contributed by atoms with Crippen LogP contribution in [0.1, 0.15) is 75.0 Å². The molecule has 140 valence electrons. The van der Waals surface area contributed by atoms with E-state index < -0.39 is 12.1 Å². The van der Waals surface area contributed by atoms with Crippen molar-refractivity contribution in [3.05, 3.63) is 11.8 Å².